The number of carbonyl (C=O) groups excluding carboxylic acids is 3. The fourth-order valence-corrected chi connectivity index (χ4v) is 3.52. The molecule has 1 aromatic carbocycles. The van der Waals surface area contributed by atoms with E-state index in [4.69, 9.17) is 15.9 Å². The lowest BCUT2D eigenvalue weighted by Gasteiger charge is -2.27. The van der Waals surface area contributed by atoms with Gasteiger partial charge in [-0.3, -0.25) is 24.0 Å². The van der Waals surface area contributed by atoms with Gasteiger partial charge < -0.3 is 36.9 Å². The number of nitrogens with two attached hydrogens (primary N) is 1. The summed E-state index contributed by atoms with van der Waals surface area (Å²) in [6.45, 7) is 2.89. The highest BCUT2D eigenvalue weighted by Gasteiger charge is 2.32. The lowest BCUT2D eigenvalue weighted by atomic mass is 9.96. The maximum Gasteiger partial charge on any atom is 0.322 e. The van der Waals surface area contributed by atoms with Crippen molar-refractivity contribution in [2.45, 2.75) is 51.2 Å². The first-order valence-electron chi connectivity index (χ1n) is 11.2. The number of nitrogens with one attached hydrogen (secondary N) is 4. The lowest BCUT2D eigenvalue weighted by Crippen LogP contribution is -2.58. The largest absolute Gasteiger partial charge is 0.481 e. The Balaban J connectivity index is 2.25. The number of para-hydroxylation sites is 1. The molecule has 2 aromatic rings. The molecular weight excluding hydrogens is 458 g/mol. The van der Waals surface area contributed by atoms with Crippen LogP contribution in [0.5, 0.6) is 0 Å². The van der Waals surface area contributed by atoms with Crippen molar-refractivity contribution < 1.29 is 34.2 Å². The molecule has 35 heavy (non-hydrogen) atoms. The highest BCUT2D eigenvalue weighted by atomic mass is 16.4. The van der Waals surface area contributed by atoms with E-state index in [1.54, 1.807) is 20.0 Å². The van der Waals surface area contributed by atoms with Crippen molar-refractivity contribution in [3.8, 4) is 0 Å². The van der Waals surface area contributed by atoms with Crippen molar-refractivity contribution >= 4 is 40.6 Å². The lowest BCUT2D eigenvalue weighted by molar-refractivity contribution is -0.140. The van der Waals surface area contributed by atoms with Gasteiger partial charge in [-0.05, 0) is 17.5 Å². The number of aliphatic carboxylic acids is 2. The molecular formula is C23H31N5O7. The van der Waals surface area contributed by atoms with E-state index in [1.165, 1.54) is 0 Å². The van der Waals surface area contributed by atoms with E-state index in [0.29, 0.717) is 6.42 Å². The number of fused-ring (bicyclic) bond motifs is 1. The molecule has 0 aliphatic rings. The molecule has 3 amide bonds. The summed E-state index contributed by atoms with van der Waals surface area (Å²) in [5.41, 5.74) is 7.18. The van der Waals surface area contributed by atoms with Crippen LogP contribution in [0.2, 0.25) is 0 Å². The summed E-state index contributed by atoms with van der Waals surface area (Å²) in [5.74, 6) is -5.06. The number of carbonyl (C=O) groups is 5. The Kier molecular flexibility index (Phi) is 9.76. The smallest absolute Gasteiger partial charge is 0.322 e. The predicted octanol–water partition coefficient (Wildman–Crippen LogP) is -0.271. The van der Waals surface area contributed by atoms with E-state index < -0.39 is 60.8 Å². The van der Waals surface area contributed by atoms with Crippen molar-refractivity contribution in [3.63, 3.8) is 0 Å². The van der Waals surface area contributed by atoms with Crippen molar-refractivity contribution in [2.75, 3.05) is 6.54 Å². The van der Waals surface area contributed by atoms with Gasteiger partial charge in [-0.15, -0.1) is 0 Å². The molecule has 0 bridgehead atoms. The molecule has 190 valence electrons. The minimum atomic E-state index is -1.35. The number of aromatic amines is 1. The van der Waals surface area contributed by atoms with Crippen LogP contribution in [0.15, 0.2) is 30.5 Å². The first-order chi connectivity index (χ1) is 16.5. The molecule has 4 atom stereocenters. The van der Waals surface area contributed by atoms with E-state index in [-0.39, 0.29) is 12.3 Å². The van der Waals surface area contributed by atoms with E-state index in [2.05, 4.69) is 20.9 Å². The van der Waals surface area contributed by atoms with Crippen LogP contribution >= 0.6 is 0 Å². The number of rotatable bonds is 13. The van der Waals surface area contributed by atoms with Crippen LogP contribution in [0.25, 0.3) is 10.9 Å². The van der Waals surface area contributed by atoms with E-state index in [9.17, 15) is 24.0 Å². The molecule has 0 saturated heterocycles. The third kappa shape index (κ3) is 7.81. The molecule has 0 saturated carbocycles. The number of H-pyrrole nitrogens is 1. The molecule has 1 heterocycles. The Labute approximate surface area is 201 Å². The highest BCUT2D eigenvalue weighted by Crippen LogP contribution is 2.19. The molecule has 1 aromatic heterocycles. The van der Waals surface area contributed by atoms with Crippen molar-refractivity contribution in [1.29, 1.82) is 0 Å². The molecule has 0 aliphatic carbocycles. The number of carboxylic acid groups (broad SMARTS) is 2. The van der Waals surface area contributed by atoms with Gasteiger partial charge in [-0.25, -0.2) is 0 Å². The Morgan fingerprint density at radius 1 is 1.00 bits per heavy atom. The molecule has 0 spiro atoms. The molecule has 4 unspecified atom stereocenters. The van der Waals surface area contributed by atoms with Crippen LogP contribution in [-0.2, 0) is 30.4 Å². The van der Waals surface area contributed by atoms with Crippen molar-refractivity contribution in [3.05, 3.63) is 36.0 Å². The van der Waals surface area contributed by atoms with Crippen LogP contribution in [0.1, 0.15) is 32.3 Å². The molecule has 0 fully saturated rings. The Morgan fingerprint density at radius 3 is 2.31 bits per heavy atom. The Bertz CT molecular complexity index is 1080. The maximum absolute atomic E-state index is 13.2. The van der Waals surface area contributed by atoms with Crippen LogP contribution in [0.4, 0.5) is 0 Å². The highest BCUT2D eigenvalue weighted by molar-refractivity contribution is 5.95. The molecule has 0 radical (unpaired) electrons. The minimum Gasteiger partial charge on any atom is -0.481 e. The summed E-state index contributed by atoms with van der Waals surface area (Å²) in [7, 11) is 0. The van der Waals surface area contributed by atoms with Gasteiger partial charge in [0, 0.05) is 23.5 Å². The van der Waals surface area contributed by atoms with E-state index in [1.807, 2.05) is 24.3 Å². The van der Waals surface area contributed by atoms with Crippen LogP contribution < -0.4 is 21.7 Å². The number of hydrogen-bond donors (Lipinski definition) is 7. The Hall–Kier alpha value is -3.93. The fourth-order valence-electron chi connectivity index (χ4n) is 3.52. The topological polar surface area (TPSA) is 204 Å². The number of aromatic nitrogens is 1. The summed E-state index contributed by atoms with van der Waals surface area (Å²) < 4.78 is 0. The summed E-state index contributed by atoms with van der Waals surface area (Å²) in [4.78, 5) is 63.2. The van der Waals surface area contributed by atoms with Gasteiger partial charge in [0.05, 0.1) is 12.5 Å². The summed E-state index contributed by atoms with van der Waals surface area (Å²) in [6, 6.07) is 3.78. The second-order valence-corrected chi connectivity index (χ2v) is 8.31. The zero-order chi connectivity index (χ0) is 26.1. The number of hydrogen-bond acceptors (Lipinski definition) is 6. The number of benzene rings is 1. The standard InChI is InChI=1S/C23H31N5O7/c1-3-12(2)20(28-21(33)15(24)9-18(29)30)23(35)27-17(22(34)26-11-19(31)32)8-13-10-25-16-7-5-4-6-14(13)16/h4-7,10,12,15,17,20,25H,3,8-9,11,24H2,1-2H3,(H,26,34)(H,27,35)(H,28,33)(H,29,30)(H,31,32). The quantitative estimate of drug-likeness (QED) is 0.199. The first-order valence-corrected chi connectivity index (χ1v) is 11.2. The van der Waals surface area contributed by atoms with Gasteiger partial charge in [-0.1, -0.05) is 38.5 Å². The summed E-state index contributed by atoms with van der Waals surface area (Å²) >= 11 is 0. The minimum absolute atomic E-state index is 0.0565. The predicted molar refractivity (Wildman–Crippen MR) is 126 cm³/mol. The zero-order valence-corrected chi connectivity index (χ0v) is 19.5. The van der Waals surface area contributed by atoms with Gasteiger partial charge in [-0.2, -0.15) is 0 Å². The molecule has 12 heteroatoms. The average Bonchev–Trinajstić information content (AvgIpc) is 3.22. The second-order valence-electron chi connectivity index (χ2n) is 8.31. The van der Waals surface area contributed by atoms with Gasteiger partial charge in [0.15, 0.2) is 0 Å². The SMILES string of the molecule is CCC(C)C(NC(=O)C(N)CC(=O)O)C(=O)NC(Cc1c[nH]c2ccccc12)C(=O)NCC(=O)O. The van der Waals surface area contributed by atoms with E-state index >= 15 is 0 Å². The van der Waals surface area contributed by atoms with Crippen molar-refractivity contribution in [2.24, 2.45) is 11.7 Å². The monoisotopic (exact) mass is 489 g/mol. The third-order valence-corrected chi connectivity index (χ3v) is 5.67. The number of carboxylic acids is 2. The van der Waals surface area contributed by atoms with E-state index in [0.717, 1.165) is 16.5 Å². The normalized spacial score (nSPS) is 14.4. The van der Waals surface area contributed by atoms with Gasteiger partial charge in [0.2, 0.25) is 17.7 Å². The zero-order valence-electron chi connectivity index (χ0n) is 19.5. The van der Waals surface area contributed by atoms with Crippen LogP contribution in [-0.4, -0.2) is 69.5 Å². The number of amides is 3. The second kappa shape index (κ2) is 12.5. The first kappa shape index (κ1) is 27.3. The van der Waals surface area contributed by atoms with Gasteiger partial charge in [0.25, 0.3) is 0 Å². The van der Waals surface area contributed by atoms with Crippen LogP contribution in [0.3, 0.4) is 0 Å². The molecule has 0 aliphatic heterocycles. The molecule has 8 N–H and O–H groups in total. The fraction of sp³-hybridized carbons (Fsp3) is 0.435. The third-order valence-electron chi connectivity index (χ3n) is 5.67. The van der Waals surface area contributed by atoms with Gasteiger partial charge in [0.1, 0.15) is 18.6 Å². The van der Waals surface area contributed by atoms with Crippen LogP contribution in [0, 0.1) is 5.92 Å². The molecule has 12 nitrogen and oxygen atoms in total. The summed E-state index contributed by atoms with van der Waals surface area (Å²) in [5, 5.41) is 26.0. The Morgan fingerprint density at radius 2 is 1.69 bits per heavy atom. The molecule has 2 rings (SSSR count). The maximum atomic E-state index is 13.2. The summed E-state index contributed by atoms with van der Waals surface area (Å²) in [6.07, 6.45) is 1.64. The van der Waals surface area contributed by atoms with Crippen molar-refractivity contribution in [1.82, 2.24) is 20.9 Å². The average molecular weight is 490 g/mol. The van der Waals surface area contributed by atoms with Gasteiger partial charge >= 0.3 is 11.9 Å².